The molecule has 9 heterocycles. The standard InChI is InChI=1S/2C9H9N.2C9H8S.2C5H5N.C4H4S.C3H4N2.C3H3NS.8C2H6.3CH4/c4*1-7-6-10-9-5-3-2-4-8(7)9;2*1-2-4-6-5-3-1;1-2-4-5-3-1;2*1-2-5-3-4-1;8*1-2;;;/h2*2-6,10H,1H3;2*2-6H,1H3;2*1-5H;1-4H;1-3H,(H,4,5);1-3H;8*1-2H3;3*1H4. The average Bonchev–Trinajstić information content (AvgIpc) is 4.57. The first-order chi connectivity index (χ1) is 41.0. The molecule has 0 aliphatic heterocycles. The zero-order valence-corrected chi connectivity index (χ0v) is 57.3. The predicted molar refractivity (Wildman–Crippen MR) is 404 cm³/mol. The van der Waals surface area contributed by atoms with Crippen LogP contribution in [0, 0.1) is 27.7 Å². The van der Waals surface area contributed by atoms with Crippen LogP contribution in [0.5, 0.6) is 0 Å². The minimum atomic E-state index is 0. The number of fused-ring (bicyclic) bond motifs is 4. The van der Waals surface area contributed by atoms with Gasteiger partial charge in [0.15, 0.2) is 0 Å². The van der Waals surface area contributed by atoms with Crippen molar-refractivity contribution in [3.8, 4) is 0 Å². The van der Waals surface area contributed by atoms with Crippen LogP contribution in [0.25, 0.3) is 42.0 Å². The summed E-state index contributed by atoms with van der Waals surface area (Å²) in [5.41, 5.74) is 9.65. The Morgan fingerprint density at radius 2 is 0.674 bits per heavy atom. The number of nitrogens with one attached hydrogen (secondary N) is 3. The van der Waals surface area contributed by atoms with Crippen LogP contribution >= 0.6 is 45.3 Å². The first kappa shape index (κ1) is 92.4. The Kier molecular flexibility index (Phi) is 77.4. The number of thiazole rings is 1. The van der Waals surface area contributed by atoms with E-state index in [1.54, 1.807) is 77.9 Å². The summed E-state index contributed by atoms with van der Waals surface area (Å²) in [5.74, 6) is 0. The molecule has 0 fully saturated rings. The first-order valence-electron chi connectivity index (χ1n) is 29.3. The molecule has 0 aliphatic carbocycles. The molecule has 9 aromatic heterocycles. The highest BCUT2D eigenvalue weighted by atomic mass is 32.1. The van der Waals surface area contributed by atoms with Crippen LogP contribution in [-0.2, 0) is 0 Å². The normalized spacial score (nSPS) is 7.95. The van der Waals surface area contributed by atoms with Crippen molar-refractivity contribution in [1.29, 1.82) is 0 Å². The van der Waals surface area contributed by atoms with Gasteiger partial charge < -0.3 is 15.0 Å². The van der Waals surface area contributed by atoms with Crippen molar-refractivity contribution in [3.63, 3.8) is 0 Å². The SMILES string of the molecule is C.C.C.CC.CC.CC.CC.CC.CC.CC.CC.Cc1c[nH]c2ccccc12.Cc1c[nH]c2ccccc12.Cc1csc2ccccc12.Cc1csc2ccccc12.c1c[nH]cn1.c1ccncc1.c1ccncc1.c1ccsc1.c1cscn1. The molecule has 13 aromatic rings. The molecule has 0 saturated heterocycles. The van der Waals surface area contributed by atoms with Crippen molar-refractivity contribution in [2.45, 2.75) is 161 Å². The number of nitrogens with zero attached hydrogens (tertiary/aromatic N) is 4. The van der Waals surface area contributed by atoms with Crippen LogP contribution in [0.4, 0.5) is 0 Å². The molecule has 474 valence electrons. The van der Waals surface area contributed by atoms with Crippen molar-refractivity contribution < 1.29 is 0 Å². The van der Waals surface area contributed by atoms with E-state index >= 15 is 0 Å². The fraction of sp³-hybridized carbons (Fsp3) is 0.307. The van der Waals surface area contributed by atoms with Crippen molar-refractivity contribution in [2.24, 2.45) is 0 Å². The molecule has 0 atom stereocenters. The smallest absolute Gasteiger partial charge is 0.0919 e. The van der Waals surface area contributed by atoms with E-state index in [9.17, 15) is 0 Å². The highest BCUT2D eigenvalue weighted by Gasteiger charge is 1.97. The van der Waals surface area contributed by atoms with Crippen molar-refractivity contribution in [3.05, 3.63) is 262 Å². The zero-order chi connectivity index (χ0) is 63.0. The highest BCUT2D eigenvalue weighted by Crippen LogP contribution is 2.25. The number of rotatable bonds is 0. The van der Waals surface area contributed by atoms with Gasteiger partial charge in [-0.15, -0.1) is 34.0 Å². The third-order valence-corrected chi connectivity index (χ3v) is 12.6. The lowest BCUT2D eigenvalue weighted by Gasteiger charge is -1.86. The maximum atomic E-state index is 3.78. The second-order valence-electron chi connectivity index (χ2n) is 14.1. The minimum absolute atomic E-state index is 0. The Balaban J connectivity index is -0.000000159. The van der Waals surface area contributed by atoms with E-state index in [0.29, 0.717) is 0 Å². The monoisotopic (exact) mass is 1240 g/mol. The van der Waals surface area contributed by atoms with Crippen LogP contribution in [-0.4, -0.2) is 34.9 Å². The highest BCUT2D eigenvalue weighted by molar-refractivity contribution is 7.17. The van der Waals surface area contributed by atoms with Crippen LogP contribution in [0.2, 0.25) is 0 Å². The average molecular weight is 1240 g/mol. The largest absolute Gasteiger partial charge is 0.361 e. The van der Waals surface area contributed by atoms with Gasteiger partial charge in [0.1, 0.15) is 0 Å². The van der Waals surface area contributed by atoms with Crippen LogP contribution in [0.1, 0.15) is 155 Å². The van der Waals surface area contributed by atoms with Gasteiger partial charge in [0.2, 0.25) is 0 Å². The van der Waals surface area contributed by atoms with Gasteiger partial charge in [-0.25, -0.2) is 4.98 Å². The summed E-state index contributed by atoms with van der Waals surface area (Å²) in [4.78, 5) is 24.1. The molecule has 86 heavy (non-hydrogen) atoms. The fourth-order valence-corrected chi connectivity index (χ4v) is 8.59. The number of benzene rings is 4. The summed E-state index contributed by atoms with van der Waals surface area (Å²) in [6.45, 7) is 40.5. The second-order valence-corrected chi connectivity index (χ2v) is 17.5. The number of thiophene rings is 3. The maximum absolute atomic E-state index is 3.78. The fourth-order valence-electron chi connectivity index (χ4n) is 5.90. The van der Waals surface area contributed by atoms with Crippen LogP contribution < -0.4 is 0 Å². The van der Waals surface area contributed by atoms with Crippen LogP contribution in [0.15, 0.2) is 240 Å². The van der Waals surface area contributed by atoms with E-state index in [2.05, 4.69) is 158 Å². The third-order valence-electron chi connectivity index (χ3n) is 9.25. The number of pyridine rings is 2. The Morgan fingerprint density at radius 1 is 0.314 bits per heavy atom. The zero-order valence-electron chi connectivity index (χ0n) is 54.0. The van der Waals surface area contributed by atoms with Gasteiger partial charge in [-0.05, 0) is 131 Å². The number of aryl methyl sites for hydroxylation is 4. The van der Waals surface area contributed by atoms with E-state index in [0.717, 1.165) is 0 Å². The summed E-state index contributed by atoms with van der Waals surface area (Å²) in [7, 11) is 0. The van der Waals surface area contributed by atoms with Gasteiger partial charge >= 0.3 is 0 Å². The van der Waals surface area contributed by atoms with E-state index in [1.165, 1.54) is 64.2 Å². The molecular weight excluding hydrogens is 1130 g/mol. The number of aromatic nitrogens is 7. The third kappa shape index (κ3) is 44.2. The van der Waals surface area contributed by atoms with Gasteiger partial charge in [0.05, 0.1) is 11.8 Å². The number of aromatic amines is 3. The Hall–Kier alpha value is -7.28. The molecule has 4 aromatic carbocycles. The number of H-pyrrole nitrogens is 3. The molecule has 7 nitrogen and oxygen atoms in total. The molecule has 3 N–H and O–H groups in total. The Labute approximate surface area is 541 Å². The molecule has 11 heteroatoms. The molecule has 0 radical (unpaired) electrons. The lowest BCUT2D eigenvalue weighted by Crippen LogP contribution is -1.64. The number of para-hydroxylation sites is 2. The molecule has 0 saturated carbocycles. The van der Waals surface area contributed by atoms with Gasteiger partial charge in [-0.3, -0.25) is 15.0 Å². The van der Waals surface area contributed by atoms with Gasteiger partial charge in [-0.1, -0.05) is 230 Å². The van der Waals surface area contributed by atoms with Crippen LogP contribution in [0.3, 0.4) is 0 Å². The lowest BCUT2D eigenvalue weighted by molar-refractivity contribution is 1.31. The molecule has 0 aliphatic rings. The summed E-state index contributed by atoms with van der Waals surface area (Å²) in [6, 6.07) is 49.1. The lowest BCUT2D eigenvalue weighted by atomic mass is 10.2. The summed E-state index contributed by atoms with van der Waals surface area (Å²) < 4.78 is 2.78. The molecule has 0 bridgehead atoms. The van der Waals surface area contributed by atoms with E-state index in [-0.39, 0.29) is 22.3 Å². The molecule has 13 rings (SSSR count). The quantitative estimate of drug-likeness (QED) is 0.141. The predicted octanol–water partition coefficient (Wildman–Crippen LogP) is 27.0. The van der Waals surface area contributed by atoms with E-state index in [4.69, 9.17) is 0 Å². The number of hydrogen-bond donors (Lipinski definition) is 3. The summed E-state index contributed by atoms with van der Waals surface area (Å²) in [5, 5.41) is 15.8. The summed E-state index contributed by atoms with van der Waals surface area (Å²) >= 11 is 6.94. The van der Waals surface area contributed by atoms with Crippen molar-refractivity contribution in [1.82, 2.24) is 34.9 Å². The maximum Gasteiger partial charge on any atom is 0.0919 e. The topological polar surface area (TPSA) is 98.9 Å². The second kappa shape index (κ2) is 72.0. The molecule has 0 spiro atoms. The number of hydrogen-bond acceptors (Lipinski definition) is 8. The molecular formula is C75H115N7S4. The minimum Gasteiger partial charge on any atom is -0.361 e. The van der Waals surface area contributed by atoms with Gasteiger partial charge in [0.25, 0.3) is 0 Å². The van der Waals surface area contributed by atoms with Crippen molar-refractivity contribution >= 4 is 87.3 Å². The number of imidazole rings is 1. The molecule has 0 amide bonds. The van der Waals surface area contributed by atoms with E-state index < -0.39 is 0 Å². The summed E-state index contributed by atoms with van der Waals surface area (Å²) in [6.07, 6.45) is 17.9. The Bertz CT molecular complexity index is 2650. The van der Waals surface area contributed by atoms with Crippen molar-refractivity contribution in [2.75, 3.05) is 0 Å². The van der Waals surface area contributed by atoms with Gasteiger partial charge in [-0.2, -0.15) is 11.3 Å². The van der Waals surface area contributed by atoms with E-state index in [1.807, 2.05) is 223 Å². The van der Waals surface area contributed by atoms with Gasteiger partial charge in [0, 0.05) is 92.4 Å². The molecule has 0 unspecified atom stereocenters. The Morgan fingerprint density at radius 3 is 0.895 bits per heavy atom. The first-order valence-corrected chi connectivity index (χ1v) is 33.0.